The molecule has 0 bridgehead atoms. The Hall–Kier alpha value is -3.77. The lowest BCUT2D eigenvalue weighted by atomic mass is 10.1. The minimum Gasteiger partial charge on any atom is -0.453 e. The minimum absolute atomic E-state index is 0.0369. The number of fused-ring (bicyclic) bond motifs is 1. The zero-order valence-electron chi connectivity index (χ0n) is 23.5. The number of hydrogen-bond acceptors (Lipinski definition) is 8. The summed E-state index contributed by atoms with van der Waals surface area (Å²) >= 11 is 1.17. The van der Waals surface area contributed by atoms with Crippen molar-refractivity contribution in [3.8, 4) is 11.5 Å². The standard InChI is InChI=1S/C29H34FN5O5S/c1-16(35(19-9-11-31-15-19)28(38)40-29(2,3)4)25(36)24-14-21-26(41-24)23(10-12-32-21)39-22-8-7-18(13-20(22)30)34-27(37)33-17-5-6-17/h7-8,10,12-14,16-17,19,31H,5-6,9,11,15H2,1-4H3,(H2,33,34,37)/t16-,19?/m0/s1. The van der Waals surface area contributed by atoms with Crippen LogP contribution < -0.4 is 20.7 Å². The van der Waals surface area contributed by atoms with E-state index in [1.54, 1.807) is 45.9 Å². The van der Waals surface area contributed by atoms with Gasteiger partial charge in [-0.05, 0) is 71.7 Å². The Kier molecular flexibility index (Phi) is 8.14. The number of rotatable bonds is 8. The van der Waals surface area contributed by atoms with Crippen LogP contribution in [0.5, 0.6) is 11.5 Å². The molecular formula is C29H34FN5O5S. The van der Waals surface area contributed by atoms with Crippen LogP contribution in [0, 0.1) is 5.82 Å². The number of amides is 3. The zero-order chi connectivity index (χ0) is 29.3. The highest BCUT2D eigenvalue weighted by Crippen LogP contribution is 2.37. The van der Waals surface area contributed by atoms with Gasteiger partial charge in [-0.1, -0.05) is 0 Å². The van der Waals surface area contributed by atoms with Gasteiger partial charge in [0.25, 0.3) is 0 Å². The minimum atomic E-state index is -0.776. The quantitative estimate of drug-likeness (QED) is 0.292. The van der Waals surface area contributed by atoms with Gasteiger partial charge in [-0.2, -0.15) is 0 Å². The molecule has 2 aromatic heterocycles. The van der Waals surface area contributed by atoms with Gasteiger partial charge in [0.1, 0.15) is 11.4 Å². The van der Waals surface area contributed by atoms with Crippen LogP contribution in [0.4, 0.5) is 19.7 Å². The van der Waals surface area contributed by atoms with Crippen LogP contribution >= 0.6 is 11.3 Å². The van der Waals surface area contributed by atoms with E-state index in [-0.39, 0.29) is 29.6 Å². The Labute approximate surface area is 241 Å². The molecule has 5 rings (SSSR count). The SMILES string of the molecule is C[C@@H](C(=O)c1cc2nccc(Oc3ccc(NC(=O)NC4CC4)cc3F)c2s1)N(C(=O)OC(C)(C)C)C1CCNC1. The first kappa shape index (κ1) is 28.7. The second kappa shape index (κ2) is 11.6. The predicted octanol–water partition coefficient (Wildman–Crippen LogP) is 5.68. The number of carbonyl (C=O) groups is 3. The van der Waals surface area contributed by atoms with E-state index >= 15 is 0 Å². The third kappa shape index (κ3) is 6.94. The summed E-state index contributed by atoms with van der Waals surface area (Å²) in [7, 11) is 0. The number of aromatic nitrogens is 1. The Morgan fingerprint density at radius 3 is 2.59 bits per heavy atom. The maximum Gasteiger partial charge on any atom is 0.411 e. The van der Waals surface area contributed by atoms with Crippen LogP contribution in [0.25, 0.3) is 10.2 Å². The van der Waals surface area contributed by atoms with Gasteiger partial charge in [-0.3, -0.25) is 14.7 Å². The molecule has 1 aromatic carbocycles. The first-order valence-electron chi connectivity index (χ1n) is 13.7. The van der Waals surface area contributed by atoms with Crippen LogP contribution in [-0.4, -0.2) is 64.6 Å². The molecule has 1 aliphatic heterocycles. The number of ether oxygens (including phenoxy) is 2. The normalized spacial score (nSPS) is 17.6. The third-order valence-electron chi connectivity index (χ3n) is 6.77. The van der Waals surface area contributed by atoms with E-state index in [4.69, 9.17) is 9.47 Å². The Morgan fingerprint density at radius 2 is 1.93 bits per heavy atom. The van der Waals surface area contributed by atoms with Crippen LogP contribution in [0.1, 0.15) is 56.6 Å². The Bertz CT molecular complexity index is 1460. The monoisotopic (exact) mass is 583 g/mol. The molecule has 2 fully saturated rings. The van der Waals surface area contributed by atoms with Gasteiger partial charge in [0, 0.05) is 42.6 Å². The largest absolute Gasteiger partial charge is 0.453 e. The average Bonchev–Trinajstić information content (AvgIpc) is 3.34. The molecule has 1 saturated carbocycles. The van der Waals surface area contributed by atoms with Crippen LogP contribution in [0.3, 0.4) is 0 Å². The van der Waals surface area contributed by atoms with Gasteiger partial charge in [0.05, 0.1) is 21.1 Å². The highest BCUT2D eigenvalue weighted by atomic mass is 32.1. The molecule has 0 spiro atoms. The molecule has 0 radical (unpaired) electrons. The summed E-state index contributed by atoms with van der Waals surface area (Å²) in [4.78, 5) is 45.1. The summed E-state index contributed by atoms with van der Waals surface area (Å²) < 4.78 is 27.0. The fraction of sp³-hybridized carbons (Fsp3) is 0.448. The molecule has 2 atom stereocenters. The number of nitrogens with one attached hydrogen (secondary N) is 3. The van der Waals surface area contributed by atoms with Crippen LogP contribution in [-0.2, 0) is 4.74 Å². The predicted molar refractivity (Wildman–Crippen MR) is 154 cm³/mol. The van der Waals surface area contributed by atoms with Crippen molar-refractivity contribution in [1.82, 2.24) is 20.5 Å². The summed E-state index contributed by atoms with van der Waals surface area (Å²) in [6.45, 7) is 8.41. The van der Waals surface area contributed by atoms with Crippen molar-refractivity contribution in [3.63, 3.8) is 0 Å². The van der Waals surface area contributed by atoms with Crippen molar-refractivity contribution < 1.29 is 28.2 Å². The van der Waals surface area contributed by atoms with Crippen molar-refractivity contribution in [2.75, 3.05) is 18.4 Å². The number of hydrogen-bond donors (Lipinski definition) is 3. The summed E-state index contributed by atoms with van der Waals surface area (Å²) in [6.07, 6.45) is 3.60. The fourth-order valence-electron chi connectivity index (χ4n) is 4.62. The third-order valence-corrected chi connectivity index (χ3v) is 7.92. The summed E-state index contributed by atoms with van der Waals surface area (Å²) in [5, 5.41) is 8.65. The molecule has 3 amide bonds. The second-order valence-corrected chi connectivity index (χ2v) is 12.4. The van der Waals surface area contributed by atoms with Crippen molar-refractivity contribution in [3.05, 3.63) is 47.2 Å². The van der Waals surface area contributed by atoms with Gasteiger partial charge in [0.15, 0.2) is 17.3 Å². The smallest absolute Gasteiger partial charge is 0.411 e. The zero-order valence-corrected chi connectivity index (χ0v) is 24.3. The van der Waals surface area contributed by atoms with Gasteiger partial charge in [0.2, 0.25) is 0 Å². The van der Waals surface area contributed by atoms with Crippen molar-refractivity contribution in [1.29, 1.82) is 0 Å². The van der Waals surface area contributed by atoms with Crippen molar-refractivity contribution >= 4 is 45.1 Å². The maximum atomic E-state index is 14.9. The molecule has 3 aromatic rings. The van der Waals surface area contributed by atoms with E-state index in [9.17, 15) is 18.8 Å². The lowest BCUT2D eigenvalue weighted by Crippen LogP contribution is -2.51. The molecule has 1 saturated heterocycles. The number of thiophene rings is 1. The molecule has 12 heteroatoms. The highest BCUT2D eigenvalue weighted by molar-refractivity contribution is 7.21. The number of carbonyl (C=O) groups excluding carboxylic acids is 3. The summed E-state index contributed by atoms with van der Waals surface area (Å²) in [5.74, 6) is -0.603. The molecule has 218 valence electrons. The van der Waals surface area contributed by atoms with E-state index < -0.39 is 23.6 Å². The first-order valence-corrected chi connectivity index (χ1v) is 14.5. The van der Waals surface area contributed by atoms with E-state index in [1.165, 1.54) is 34.6 Å². The molecule has 2 aliphatic rings. The van der Waals surface area contributed by atoms with E-state index in [0.717, 1.165) is 19.4 Å². The van der Waals surface area contributed by atoms with Gasteiger partial charge in [-0.25, -0.2) is 14.0 Å². The summed E-state index contributed by atoms with van der Waals surface area (Å²) in [6, 6.07) is 6.29. The molecule has 10 nitrogen and oxygen atoms in total. The lowest BCUT2D eigenvalue weighted by Gasteiger charge is -2.34. The average molecular weight is 584 g/mol. The van der Waals surface area contributed by atoms with Gasteiger partial charge < -0.3 is 25.4 Å². The number of benzene rings is 1. The number of ketones is 1. The van der Waals surface area contributed by atoms with E-state index in [2.05, 4.69) is 20.9 Å². The number of nitrogens with zero attached hydrogens (tertiary/aromatic N) is 2. The molecule has 1 unspecified atom stereocenters. The number of Topliss-reactive ketones (excluding diaryl/α,β-unsaturated/α-hetero) is 1. The van der Waals surface area contributed by atoms with Crippen molar-refractivity contribution in [2.24, 2.45) is 0 Å². The first-order chi connectivity index (χ1) is 19.5. The van der Waals surface area contributed by atoms with Crippen LogP contribution in [0.15, 0.2) is 36.5 Å². The molecular weight excluding hydrogens is 549 g/mol. The molecule has 3 heterocycles. The van der Waals surface area contributed by atoms with Gasteiger partial charge >= 0.3 is 12.1 Å². The molecule has 1 aliphatic carbocycles. The number of urea groups is 1. The number of halogens is 1. The number of pyridine rings is 1. The maximum absolute atomic E-state index is 14.9. The second-order valence-electron chi connectivity index (χ2n) is 11.3. The van der Waals surface area contributed by atoms with Crippen molar-refractivity contribution in [2.45, 2.75) is 70.7 Å². The van der Waals surface area contributed by atoms with E-state index in [1.807, 2.05) is 0 Å². The lowest BCUT2D eigenvalue weighted by molar-refractivity contribution is 0.00921. The Morgan fingerprint density at radius 1 is 1.15 bits per heavy atom. The Balaban J connectivity index is 1.34. The van der Waals surface area contributed by atoms with Crippen LogP contribution in [0.2, 0.25) is 0 Å². The fourth-order valence-corrected chi connectivity index (χ4v) is 5.71. The molecule has 41 heavy (non-hydrogen) atoms. The highest BCUT2D eigenvalue weighted by Gasteiger charge is 2.37. The summed E-state index contributed by atoms with van der Waals surface area (Å²) in [5.41, 5.74) is 0.118. The van der Waals surface area contributed by atoms with Gasteiger partial charge in [-0.15, -0.1) is 11.3 Å². The number of anilines is 1. The van der Waals surface area contributed by atoms with E-state index in [0.29, 0.717) is 39.5 Å². The topological polar surface area (TPSA) is 122 Å². The molecule has 3 N–H and O–H groups in total.